The molecule has 5 nitrogen and oxygen atoms in total. The minimum absolute atomic E-state index is 0.116. The first kappa shape index (κ1) is 16.4. The fraction of sp³-hybridized carbons (Fsp3) is 0.368. The summed E-state index contributed by atoms with van der Waals surface area (Å²) in [5.74, 6) is 0. The summed E-state index contributed by atoms with van der Waals surface area (Å²) in [6.45, 7) is 3.50. The summed E-state index contributed by atoms with van der Waals surface area (Å²) < 4.78 is 7.37. The summed E-state index contributed by atoms with van der Waals surface area (Å²) in [6, 6.07) is 14.8. The van der Waals surface area contributed by atoms with Crippen LogP contribution in [0.1, 0.15) is 30.6 Å². The van der Waals surface area contributed by atoms with Gasteiger partial charge >= 0.3 is 5.69 Å². The van der Waals surface area contributed by atoms with E-state index in [-0.39, 0.29) is 17.0 Å². The molecule has 0 bridgehead atoms. The zero-order valence-corrected chi connectivity index (χ0v) is 15.0. The van der Waals surface area contributed by atoms with E-state index < -0.39 is 0 Å². The lowest BCUT2D eigenvalue weighted by molar-refractivity contribution is 0.0941. The number of H-pyrrole nitrogens is 1. The Labute approximate surface area is 150 Å². The minimum Gasteiger partial charge on any atom is -0.376 e. The van der Waals surface area contributed by atoms with E-state index in [0.29, 0.717) is 6.54 Å². The summed E-state index contributed by atoms with van der Waals surface area (Å²) in [5, 5.41) is 10.2. The van der Waals surface area contributed by atoms with Gasteiger partial charge in [0.1, 0.15) is 0 Å². The van der Waals surface area contributed by atoms with Crippen LogP contribution in [0.15, 0.2) is 52.4 Å². The van der Waals surface area contributed by atoms with Crippen LogP contribution in [0.2, 0.25) is 0 Å². The maximum atomic E-state index is 12.1. The van der Waals surface area contributed by atoms with Crippen LogP contribution in [0.4, 0.5) is 0 Å². The van der Waals surface area contributed by atoms with Crippen LogP contribution in [-0.4, -0.2) is 27.5 Å². The summed E-state index contributed by atoms with van der Waals surface area (Å²) >= 11 is 1.60. The zero-order chi connectivity index (χ0) is 17.2. The third-order valence-electron chi connectivity index (χ3n) is 4.66. The molecule has 6 heteroatoms. The minimum atomic E-state index is -0.163. The van der Waals surface area contributed by atoms with Gasteiger partial charge in [-0.25, -0.2) is 9.89 Å². The number of aromatic amines is 1. The van der Waals surface area contributed by atoms with Crippen molar-refractivity contribution in [2.24, 2.45) is 0 Å². The topological polar surface area (TPSA) is 59.9 Å². The average Bonchev–Trinajstić information content (AvgIpc) is 3.27. The highest BCUT2D eigenvalue weighted by Crippen LogP contribution is 2.34. The van der Waals surface area contributed by atoms with Crippen molar-refractivity contribution in [3.05, 3.63) is 58.5 Å². The lowest BCUT2D eigenvalue weighted by Gasteiger charge is -2.14. The highest BCUT2D eigenvalue weighted by Gasteiger charge is 2.21. The zero-order valence-electron chi connectivity index (χ0n) is 14.1. The van der Waals surface area contributed by atoms with E-state index in [1.165, 1.54) is 16.3 Å². The van der Waals surface area contributed by atoms with E-state index in [9.17, 15) is 4.79 Å². The largest absolute Gasteiger partial charge is 0.376 e. The number of fused-ring (bicyclic) bond motifs is 1. The number of hydrogen-bond acceptors (Lipinski definition) is 4. The lowest BCUT2D eigenvalue weighted by Crippen LogP contribution is -2.25. The highest BCUT2D eigenvalue weighted by molar-refractivity contribution is 7.99. The molecule has 2 unspecified atom stereocenters. The third kappa shape index (κ3) is 3.50. The van der Waals surface area contributed by atoms with E-state index in [1.54, 1.807) is 16.3 Å². The summed E-state index contributed by atoms with van der Waals surface area (Å²) in [7, 11) is 0. The molecule has 0 amide bonds. The Balaban J connectivity index is 1.55. The molecule has 3 aromatic rings. The van der Waals surface area contributed by atoms with Crippen LogP contribution < -0.4 is 5.69 Å². The fourth-order valence-electron chi connectivity index (χ4n) is 3.23. The van der Waals surface area contributed by atoms with Gasteiger partial charge in [-0.1, -0.05) is 54.2 Å². The smallest absolute Gasteiger partial charge is 0.344 e. The number of thioether (sulfide) groups is 1. The normalized spacial score (nSPS) is 18.7. The van der Waals surface area contributed by atoms with Gasteiger partial charge in [-0.2, -0.15) is 0 Å². The molecule has 1 aliphatic heterocycles. The maximum Gasteiger partial charge on any atom is 0.344 e. The van der Waals surface area contributed by atoms with Crippen LogP contribution in [0.3, 0.4) is 0 Å². The molecule has 1 N–H and O–H groups in total. The molecule has 25 heavy (non-hydrogen) atoms. The van der Waals surface area contributed by atoms with Gasteiger partial charge < -0.3 is 4.74 Å². The quantitative estimate of drug-likeness (QED) is 0.708. The van der Waals surface area contributed by atoms with Gasteiger partial charge in [0.25, 0.3) is 0 Å². The van der Waals surface area contributed by atoms with Crippen LogP contribution >= 0.6 is 11.8 Å². The number of aromatic nitrogens is 3. The summed E-state index contributed by atoms with van der Waals surface area (Å²) in [4.78, 5) is 12.1. The molecule has 2 aromatic carbocycles. The van der Waals surface area contributed by atoms with Gasteiger partial charge in [-0.15, -0.1) is 5.10 Å². The molecule has 2 atom stereocenters. The summed E-state index contributed by atoms with van der Waals surface area (Å²) in [5.41, 5.74) is 1.06. The van der Waals surface area contributed by atoms with Gasteiger partial charge in [0.15, 0.2) is 5.16 Å². The van der Waals surface area contributed by atoms with Gasteiger partial charge in [-0.05, 0) is 36.1 Å². The number of nitrogens with one attached hydrogen (secondary N) is 1. The SMILES string of the molecule is CC(Sc1n[nH]c(=O)n1CC1CCCO1)c1ccc2ccccc2c1. The predicted molar refractivity (Wildman–Crippen MR) is 100 cm³/mol. The van der Waals surface area contributed by atoms with Crippen molar-refractivity contribution >= 4 is 22.5 Å². The second-order valence-corrected chi connectivity index (χ2v) is 7.73. The molecule has 1 aromatic heterocycles. The number of ether oxygens (including phenoxy) is 1. The van der Waals surface area contributed by atoms with Crippen LogP contribution in [0.5, 0.6) is 0 Å². The monoisotopic (exact) mass is 355 g/mol. The van der Waals surface area contributed by atoms with Crippen molar-refractivity contribution in [3.63, 3.8) is 0 Å². The number of rotatable bonds is 5. The van der Waals surface area contributed by atoms with Gasteiger partial charge in [0.05, 0.1) is 12.6 Å². The Morgan fingerprint density at radius 1 is 1.32 bits per heavy atom. The van der Waals surface area contributed by atoms with Gasteiger partial charge in [0.2, 0.25) is 0 Å². The second-order valence-electron chi connectivity index (χ2n) is 6.42. The fourth-order valence-corrected chi connectivity index (χ4v) is 4.21. The van der Waals surface area contributed by atoms with Crippen LogP contribution in [0.25, 0.3) is 10.8 Å². The van der Waals surface area contributed by atoms with E-state index in [4.69, 9.17) is 4.74 Å². The van der Waals surface area contributed by atoms with Crippen molar-refractivity contribution in [2.45, 2.75) is 42.8 Å². The average molecular weight is 355 g/mol. The van der Waals surface area contributed by atoms with Crippen molar-refractivity contribution in [2.75, 3.05) is 6.61 Å². The Bertz CT molecular complexity index is 928. The standard InChI is InChI=1S/C19H21N3O2S/c1-13(15-9-8-14-5-2-3-6-16(14)11-15)25-19-21-20-18(23)22(19)12-17-7-4-10-24-17/h2-3,5-6,8-9,11,13,17H,4,7,10,12H2,1H3,(H,20,23). The van der Waals surface area contributed by atoms with E-state index >= 15 is 0 Å². The van der Waals surface area contributed by atoms with Crippen molar-refractivity contribution < 1.29 is 4.74 Å². The molecule has 0 radical (unpaired) electrons. The second kappa shape index (κ2) is 7.06. The van der Waals surface area contributed by atoms with Gasteiger partial charge in [-0.3, -0.25) is 4.57 Å². The molecule has 130 valence electrons. The first-order valence-electron chi connectivity index (χ1n) is 8.63. The molecule has 0 spiro atoms. The van der Waals surface area contributed by atoms with Crippen molar-refractivity contribution in [1.82, 2.24) is 14.8 Å². The van der Waals surface area contributed by atoms with E-state index in [2.05, 4.69) is 53.5 Å². The number of nitrogens with zero attached hydrogens (tertiary/aromatic N) is 2. The maximum absolute atomic E-state index is 12.1. The van der Waals surface area contributed by atoms with E-state index in [1.807, 2.05) is 6.07 Å². The highest BCUT2D eigenvalue weighted by atomic mass is 32.2. The van der Waals surface area contributed by atoms with Gasteiger partial charge in [0, 0.05) is 11.9 Å². The first-order chi connectivity index (χ1) is 12.2. The predicted octanol–water partition coefficient (Wildman–Crippen LogP) is 3.76. The Kier molecular flexibility index (Phi) is 4.63. The Morgan fingerprint density at radius 2 is 2.16 bits per heavy atom. The Morgan fingerprint density at radius 3 is 2.96 bits per heavy atom. The molecule has 2 heterocycles. The van der Waals surface area contributed by atoms with Crippen LogP contribution in [0, 0.1) is 0 Å². The van der Waals surface area contributed by atoms with Crippen LogP contribution in [-0.2, 0) is 11.3 Å². The first-order valence-corrected chi connectivity index (χ1v) is 9.51. The Hall–Kier alpha value is -2.05. The third-order valence-corrected chi connectivity index (χ3v) is 5.81. The number of hydrogen-bond donors (Lipinski definition) is 1. The molecular formula is C19H21N3O2S. The molecule has 1 saturated heterocycles. The molecule has 0 aliphatic carbocycles. The summed E-state index contributed by atoms with van der Waals surface area (Å²) in [6.07, 6.45) is 2.18. The molecule has 1 fully saturated rings. The number of benzene rings is 2. The molecule has 0 saturated carbocycles. The molecule has 1 aliphatic rings. The lowest BCUT2D eigenvalue weighted by atomic mass is 10.1. The molecule has 4 rings (SSSR count). The van der Waals surface area contributed by atoms with Crippen molar-refractivity contribution in [3.8, 4) is 0 Å². The van der Waals surface area contributed by atoms with Crippen molar-refractivity contribution in [1.29, 1.82) is 0 Å². The molecular weight excluding hydrogens is 334 g/mol. The van der Waals surface area contributed by atoms with E-state index in [0.717, 1.165) is 24.6 Å².